The van der Waals surface area contributed by atoms with Crippen molar-refractivity contribution in [3.8, 4) is 0 Å². The summed E-state index contributed by atoms with van der Waals surface area (Å²) in [7, 11) is 0. The first-order valence-corrected chi connectivity index (χ1v) is 7.89. The fourth-order valence-corrected chi connectivity index (χ4v) is 3.63. The van der Waals surface area contributed by atoms with Crippen LogP contribution in [0.1, 0.15) is 20.8 Å². The number of aliphatic imine (C=N–C) groups is 1. The van der Waals surface area contributed by atoms with Gasteiger partial charge in [0.1, 0.15) is 13.0 Å². The summed E-state index contributed by atoms with van der Waals surface area (Å²) in [4.78, 5) is 20.4. The van der Waals surface area contributed by atoms with Crippen LogP contribution < -0.4 is 0 Å². The molecule has 1 fully saturated rings. The van der Waals surface area contributed by atoms with Crippen LogP contribution in [0.2, 0.25) is 0 Å². The molecule has 0 spiro atoms. The third kappa shape index (κ3) is 2.85. The van der Waals surface area contributed by atoms with Crippen molar-refractivity contribution >= 4 is 23.8 Å². The topological polar surface area (TPSA) is 42.4 Å². The van der Waals surface area contributed by atoms with Gasteiger partial charge in [-0.3, -0.25) is 19.7 Å². The molecule has 3 aliphatic heterocycles. The van der Waals surface area contributed by atoms with E-state index < -0.39 is 0 Å². The number of halogens is 1. The van der Waals surface area contributed by atoms with Gasteiger partial charge in [0.25, 0.3) is 0 Å². The average molecular weight is 324 g/mol. The molecule has 120 valence electrons. The van der Waals surface area contributed by atoms with Crippen molar-refractivity contribution in [3.63, 3.8) is 0 Å². The van der Waals surface area contributed by atoms with E-state index in [2.05, 4.69) is 28.7 Å². The molecular formula is C15H22ClN5O. The standard InChI is InChI=1S/C15H22ClN5O/c1-12(22)20-5-4-18(9-15(20,2)3)8-14-6-13(16)7-19-10-17-11-21(14)19/h6-7,10H,4-5,8-9,11H2,1-3H3. The number of amides is 1. The molecule has 0 atom stereocenters. The number of piperazine rings is 1. The van der Waals surface area contributed by atoms with Crippen LogP contribution in [-0.2, 0) is 4.79 Å². The minimum atomic E-state index is -0.153. The number of hydrazine groups is 1. The summed E-state index contributed by atoms with van der Waals surface area (Å²) in [6, 6.07) is 0. The first-order chi connectivity index (χ1) is 10.4. The van der Waals surface area contributed by atoms with E-state index in [9.17, 15) is 4.79 Å². The molecule has 6 nitrogen and oxygen atoms in total. The molecule has 3 aliphatic rings. The molecule has 0 unspecified atom stereocenters. The highest BCUT2D eigenvalue weighted by atomic mass is 35.5. The summed E-state index contributed by atoms with van der Waals surface area (Å²) in [6.45, 7) is 9.80. The molecule has 0 aromatic carbocycles. The van der Waals surface area contributed by atoms with Crippen LogP contribution in [0.4, 0.5) is 0 Å². The summed E-state index contributed by atoms with van der Waals surface area (Å²) >= 11 is 6.20. The van der Waals surface area contributed by atoms with Crippen LogP contribution >= 0.6 is 11.6 Å². The molecule has 7 heteroatoms. The summed E-state index contributed by atoms with van der Waals surface area (Å²) in [5.74, 6) is 0.145. The Kier molecular flexibility index (Phi) is 3.91. The van der Waals surface area contributed by atoms with Gasteiger partial charge in [-0.25, -0.2) is 5.01 Å². The Morgan fingerprint density at radius 2 is 2.18 bits per heavy atom. The van der Waals surface area contributed by atoms with Crippen molar-refractivity contribution in [3.05, 3.63) is 23.0 Å². The van der Waals surface area contributed by atoms with Crippen LogP contribution in [0.25, 0.3) is 0 Å². The highest BCUT2D eigenvalue weighted by Crippen LogP contribution is 2.26. The molecule has 0 aromatic rings. The van der Waals surface area contributed by atoms with Gasteiger partial charge < -0.3 is 4.90 Å². The lowest BCUT2D eigenvalue weighted by Gasteiger charge is -2.47. The molecule has 0 bridgehead atoms. The Balaban J connectivity index is 1.69. The minimum absolute atomic E-state index is 0.145. The maximum Gasteiger partial charge on any atom is 0.219 e. The second kappa shape index (κ2) is 5.59. The second-order valence-corrected chi connectivity index (χ2v) is 7.00. The largest absolute Gasteiger partial charge is 0.335 e. The Bertz CT molecular complexity index is 568. The van der Waals surface area contributed by atoms with Gasteiger partial charge in [-0.15, -0.1) is 0 Å². The summed E-state index contributed by atoms with van der Waals surface area (Å²) < 4.78 is 0. The number of carbonyl (C=O) groups is 1. The van der Waals surface area contributed by atoms with Crippen LogP contribution in [-0.4, -0.2) is 70.5 Å². The van der Waals surface area contributed by atoms with Crippen molar-refractivity contribution in [2.75, 3.05) is 32.8 Å². The van der Waals surface area contributed by atoms with E-state index in [1.165, 1.54) is 0 Å². The zero-order chi connectivity index (χ0) is 15.9. The third-order valence-corrected chi connectivity index (χ3v) is 4.54. The van der Waals surface area contributed by atoms with E-state index in [-0.39, 0.29) is 11.4 Å². The molecule has 22 heavy (non-hydrogen) atoms. The maximum absolute atomic E-state index is 11.7. The van der Waals surface area contributed by atoms with Crippen molar-refractivity contribution in [2.45, 2.75) is 26.3 Å². The number of hydrogen-bond acceptors (Lipinski definition) is 5. The first-order valence-electron chi connectivity index (χ1n) is 7.51. The lowest BCUT2D eigenvalue weighted by molar-refractivity contribution is -0.137. The number of allylic oxidation sites excluding steroid dienone is 2. The number of hydrogen-bond donors (Lipinski definition) is 0. The Morgan fingerprint density at radius 3 is 2.86 bits per heavy atom. The first kappa shape index (κ1) is 15.4. The van der Waals surface area contributed by atoms with Crippen LogP contribution in [0.3, 0.4) is 0 Å². The summed E-state index contributed by atoms with van der Waals surface area (Å²) in [5.41, 5.74) is 0.984. The normalized spacial score (nSPS) is 24.3. The quantitative estimate of drug-likeness (QED) is 0.771. The Hall–Kier alpha value is -1.53. The molecule has 3 heterocycles. The minimum Gasteiger partial charge on any atom is -0.335 e. The van der Waals surface area contributed by atoms with Gasteiger partial charge in [0.2, 0.25) is 5.91 Å². The smallest absolute Gasteiger partial charge is 0.219 e. The van der Waals surface area contributed by atoms with E-state index in [1.54, 1.807) is 13.3 Å². The van der Waals surface area contributed by atoms with E-state index in [0.717, 1.165) is 31.9 Å². The summed E-state index contributed by atoms with van der Waals surface area (Å²) in [6.07, 6.45) is 5.64. The predicted molar refractivity (Wildman–Crippen MR) is 87.0 cm³/mol. The summed E-state index contributed by atoms with van der Waals surface area (Å²) in [5, 5.41) is 4.74. The van der Waals surface area contributed by atoms with Crippen molar-refractivity contribution in [1.82, 2.24) is 19.8 Å². The van der Waals surface area contributed by atoms with Gasteiger partial charge >= 0.3 is 0 Å². The monoisotopic (exact) mass is 323 g/mol. The van der Waals surface area contributed by atoms with Gasteiger partial charge in [-0.2, -0.15) is 0 Å². The zero-order valence-electron chi connectivity index (χ0n) is 13.3. The fraction of sp³-hybridized carbons (Fsp3) is 0.600. The molecule has 0 aliphatic carbocycles. The third-order valence-electron chi connectivity index (χ3n) is 4.33. The molecule has 0 N–H and O–H groups in total. The van der Waals surface area contributed by atoms with Gasteiger partial charge in [0.15, 0.2) is 0 Å². The van der Waals surface area contributed by atoms with Crippen molar-refractivity contribution in [2.24, 2.45) is 4.99 Å². The number of fused-ring (bicyclic) bond motifs is 1. The second-order valence-electron chi connectivity index (χ2n) is 6.56. The molecular weight excluding hydrogens is 302 g/mol. The van der Waals surface area contributed by atoms with Gasteiger partial charge in [-0.1, -0.05) is 11.6 Å². The van der Waals surface area contributed by atoms with Crippen LogP contribution in [0, 0.1) is 0 Å². The van der Waals surface area contributed by atoms with Crippen LogP contribution in [0.15, 0.2) is 28.0 Å². The zero-order valence-corrected chi connectivity index (χ0v) is 14.0. The molecule has 0 saturated carbocycles. The number of carbonyl (C=O) groups excluding carboxylic acids is 1. The van der Waals surface area contributed by atoms with Crippen molar-refractivity contribution < 1.29 is 4.79 Å². The maximum atomic E-state index is 11.7. The van der Waals surface area contributed by atoms with E-state index >= 15 is 0 Å². The van der Waals surface area contributed by atoms with E-state index in [1.807, 2.05) is 22.2 Å². The number of nitrogens with zero attached hydrogens (tertiary/aromatic N) is 5. The SMILES string of the molecule is CC(=O)N1CCN(CC2=CC(Cl)=CN3C=NCN23)CC1(C)C. The number of rotatable bonds is 2. The highest BCUT2D eigenvalue weighted by Gasteiger charge is 2.36. The Morgan fingerprint density at radius 1 is 1.41 bits per heavy atom. The highest BCUT2D eigenvalue weighted by molar-refractivity contribution is 6.31. The van der Waals surface area contributed by atoms with Gasteiger partial charge in [-0.05, 0) is 19.9 Å². The molecule has 1 saturated heterocycles. The van der Waals surface area contributed by atoms with E-state index in [0.29, 0.717) is 11.7 Å². The molecule has 3 rings (SSSR count). The molecule has 1 amide bonds. The van der Waals surface area contributed by atoms with Gasteiger partial charge in [0.05, 0.1) is 10.7 Å². The molecule has 0 radical (unpaired) electrons. The van der Waals surface area contributed by atoms with Crippen LogP contribution in [0.5, 0.6) is 0 Å². The Labute approximate surface area is 136 Å². The average Bonchev–Trinajstić information content (AvgIpc) is 2.85. The predicted octanol–water partition coefficient (Wildman–Crippen LogP) is 1.43. The van der Waals surface area contributed by atoms with Gasteiger partial charge in [0, 0.05) is 44.8 Å². The lowest BCUT2D eigenvalue weighted by atomic mass is 9.98. The van der Waals surface area contributed by atoms with Crippen molar-refractivity contribution in [1.29, 1.82) is 0 Å². The fourth-order valence-electron chi connectivity index (χ4n) is 3.40. The van der Waals surface area contributed by atoms with E-state index in [4.69, 9.17) is 11.6 Å². The molecule has 0 aromatic heterocycles. The lowest BCUT2D eigenvalue weighted by Crippen LogP contribution is -2.61.